The van der Waals surface area contributed by atoms with E-state index in [1.165, 1.54) is 5.69 Å². The van der Waals surface area contributed by atoms with Gasteiger partial charge in [-0.2, -0.15) is 0 Å². The molecule has 0 atom stereocenters. The first-order valence-corrected chi connectivity index (χ1v) is 8.50. The quantitative estimate of drug-likeness (QED) is 0.831. The molecule has 130 valence electrons. The Morgan fingerprint density at radius 3 is 2.42 bits per heavy atom. The zero-order chi connectivity index (χ0) is 17.7. The van der Waals surface area contributed by atoms with E-state index in [1.807, 2.05) is 38.1 Å². The second kappa shape index (κ2) is 7.99. The molecule has 1 N–H and O–H groups in total. The topological polar surface area (TPSA) is 58.4 Å². The van der Waals surface area contributed by atoms with Crippen molar-refractivity contribution in [3.05, 3.63) is 41.3 Å². The summed E-state index contributed by atoms with van der Waals surface area (Å²) in [5.41, 5.74) is 3.87. The summed E-state index contributed by atoms with van der Waals surface area (Å²) >= 11 is 0. The summed E-state index contributed by atoms with van der Waals surface area (Å²) in [6.07, 6.45) is 1.06. The van der Waals surface area contributed by atoms with Crippen LogP contribution in [0.3, 0.4) is 0 Å². The predicted molar refractivity (Wildman–Crippen MR) is 97.5 cm³/mol. The third kappa shape index (κ3) is 4.37. The van der Waals surface area contributed by atoms with Crippen LogP contribution in [0.2, 0.25) is 0 Å². The SMILES string of the molecule is CCN(c1ccc(NC(=O)CCc2c(C)noc2C)cc1)C(C)C. The minimum Gasteiger partial charge on any atom is -0.369 e. The Hall–Kier alpha value is -2.30. The van der Waals surface area contributed by atoms with Crippen LogP contribution in [0, 0.1) is 13.8 Å². The van der Waals surface area contributed by atoms with Gasteiger partial charge in [-0.15, -0.1) is 0 Å². The Morgan fingerprint density at radius 1 is 1.25 bits per heavy atom. The number of rotatable bonds is 7. The van der Waals surface area contributed by atoms with Crippen LogP contribution in [0.25, 0.3) is 0 Å². The third-order valence-corrected chi connectivity index (χ3v) is 4.23. The standard InChI is InChI=1S/C19H27N3O2/c1-6-22(13(2)3)17-9-7-16(8-10-17)20-19(23)12-11-18-14(4)21-24-15(18)5/h7-10,13H,6,11-12H2,1-5H3,(H,20,23). The maximum atomic E-state index is 12.1. The van der Waals surface area contributed by atoms with Gasteiger partial charge in [0.2, 0.25) is 5.91 Å². The maximum absolute atomic E-state index is 12.1. The zero-order valence-corrected chi connectivity index (χ0v) is 15.2. The van der Waals surface area contributed by atoms with E-state index in [2.05, 4.69) is 36.1 Å². The normalized spacial score (nSPS) is 10.9. The number of aromatic nitrogens is 1. The third-order valence-electron chi connectivity index (χ3n) is 4.23. The number of nitrogens with one attached hydrogen (secondary N) is 1. The van der Waals surface area contributed by atoms with Gasteiger partial charge in [0, 0.05) is 35.9 Å². The van der Waals surface area contributed by atoms with Crippen LogP contribution < -0.4 is 10.2 Å². The van der Waals surface area contributed by atoms with E-state index in [0.29, 0.717) is 18.9 Å². The van der Waals surface area contributed by atoms with Gasteiger partial charge in [0.25, 0.3) is 0 Å². The molecule has 1 aromatic carbocycles. The van der Waals surface area contributed by atoms with Crippen LogP contribution in [0.5, 0.6) is 0 Å². The largest absolute Gasteiger partial charge is 0.369 e. The lowest BCUT2D eigenvalue weighted by Crippen LogP contribution is -2.30. The number of amides is 1. The fourth-order valence-corrected chi connectivity index (χ4v) is 2.90. The van der Waals surface area contributed by atoms with Gasteiger partial charge in [0.1, 0.15) is 5.76 Å². The average Bonchev–Trinajstić information content (AvgIpc) is 2.86. The Bertz CT molecular complexity index is 655. The van der Waals surface area contributed by atoms with Gasteiger partial charge >= 0.3 is 0 Å². The molecular formula is C19H27N3O2. The van der Waals surface area contributed by atoms with E-state index in [1.54, 1.807) is 0 Å². The number of nitrogens with zero attached hydrogens (tertiary/aromatic N) is 2. The number of carbonyl (C=O) groups excluding carboxylic acids is 1. The molecule has 5 heteroatoms. The molecule has 0 radical (unpaired) electrons. The van der Waals surface area contributed by atoms with Crippen LogP contribution in [-0.4, -0.2) is 23.7 Å². The Kier molecular flexibility index (Phi) is 6.01. The molecule has 0 aliphatic rings. The molecule has 0 aliphatic carbocycles. The summed E-state index contributed by atoms with van der Waals surface area (Å²) < 4.78 is 5.12. The summed E-state index contributed by atoms with van der Waals surface area (Å²) in [7, 11) is 0. The maximum Gasteiger partial charge on any atom is 0.224 e. The summed E-state index contributed by atoms with van der Waals surface area (Å²) in [4.78, 5) is 14.4. The summed E-state index contributed by atoms with van der Waals surface area (Å²) in [5.74, 6) is 0.789. The zero-order valence-electron chi connectivity index (χ0n) is 15.2. The molecule has 24 heavy (non-hydrogen) atoms. The van der Waals surface area contributed by atoms with Crippen molar-refractivity contribution >= 4 is 17.3 Å². The lowest BCUT2D eigenvalue weighted by molar-refractivity contribution is -0.116. The highest BCUT2D eigenvalue weighted by Gasteiger charge is 2.12. The predicted octanol–water partition coefficient (Wildman–Crippen LogP) is 4.10. The lowest BCUT2D eigenvalue weighted by Gasteiger charge is -2.27. The number of hydrogen-bond acceptors (Lipinski definition) is 4. The molecule has 2 rings (SSSR count). The summed E-state index contributed by atoms with van der Waals surface area (Å²) in [5, 5.41) is 6.86. The van der Waals surface area contributed by atoms with Gasteiger partial charge in [-0.1, -0.05) is 5.16 Å². The van der Waals surface area contributed by atoms with Crippen LogP contribution >= 0.6 is 0 Å². The number of carbonyl (C=O) groups is 1. The van der Waals surface area contributed by atoms with E-state index >= 15 is 0 Å². The molecule has 0 aliphatic heterocycles. The molecule has 1 amide bonds. The van der Waals surface area contributed by atoms with Gasteiger partial charge in [-0.05, 0) is 65.3 Å². The molecule has 5 nitrogen and oxygen atoms in total. The number of hydrogen-bond donors (Lipinski definition) is 1. The monoisotopic (exact) mass is 329 g/mol. The molecule has 0 bridgehead atoms. The van der Waals surface area contributed by atoms with Crippen molar-refractivity contribution in [2.24, 2.45) is 0 Å². The van der Waals surface area contributed by atoms with Gasteiger partial charge in [0.05, 0.1) is 5.69 Å². The van der Waals surface area contributed by atoms with Gasteiger partial charge in [0.15, 0.2) is 0 Å². The Labute approximate surface area is 144 Å². The number of benzene rings is 1. The Balaban J connectivity index is 1.92. The van der Waals surface area contributed by atoms with Crippen LogP contribution in [0.4, 0.5) is 11.4 Å². The van der Waals surface area contributed by atoms with E-state index in [0.717, 1.165) is 29.2 Å². The van der Waals surface area contributed by atoms with Gasteiger partial charge in [-0.25, -0.2) is 0 Å². The van der Waals surface area contributed by atoms with Crippen molar-refractivity contribution in [3.63, 3.8) is 0 Å². The van der Waals surface area contributed by atoms with Crippen molar-refractivity contribution < 1.29 is 9.32 Å². The molecule has 1 aromatic heterocycles. The second-order valence-corrected chi connectivity index (χ2v) is 6.28. The van der Waals surface area contributed by atoms with Crippen molar-refractivity contribution in [2.75, 3.05) is 16.8 Å². The molecule has 0 spiro atoms. The minimum atomic E-state index is -0.000966. The highest BCUT2D eigenvalue weighted by atomic mass is 16.5. The summed E-state index contributed by atoms with van der Waals surface area (Å²) in [6, 6.07) is 8.45. The van der Waals surface area contributed by atoms with Crippen LogP contribution in [0.1, 0.15) is 44.2 Å². The van der Waals surface area contributed by atoms with Gasteiger partial charge < -0.3 is 14.7 Å². The number of aryl methyl sites for hydroxylation is 2. The van der Waals surface area contributed by atoms with Crippen molar-refractivity contribution in [3.8, 4) is 0 Å². The summed E-state index contributed by atoms with van der Waals surface area (Å²) in [6.45, 7) is 11.2. The Morgan fingerprint density at radius 2 is 1.92 bits per heavy atom. The highest BCUT2D eigenvalue weighted by molar-refractivity contribution is 5.91. The molecule has 1 heterocycles. The molecular weight excluding hydrogens is 302 g/mol. The molecule has 0 saturated heterocycles. The smallest absolute Gasteiger partial charge is 0.224 e. The molecule has 0 fully saturated rings. The number of anilines is 2. The minimum absolute atomic E-state index is 0.000966. The first-order chi connectivity index (χ1) is 11.4. The average molecular weight is 329 g/mol. The van der Waals surface area contributed by atoms with Crippen LogP contribution in [0.15, 0.2) is 28.8 Å². The van der Waals surface area contributed by atoms with Crippen molar-refractivity contribution in [1.82, 2.24) is 5.16 Å². The van der Waals surface area contributed by atoms with E-state index < -0.39 is 0 Å². The van der Waals surface area contributed by atoms with E-state index in [-0.39, 0.29) is 5.91 Å². The van der Waals surface area contributed by atoms with Gasteiger partial charge in [-0.3, -0.25) is 4.79 Å². The first-order valence-electron chi connectivity index (χ1n) is 8.50. The lowest BCUT2D eigenvalue weighted by atomic mass is 10.1. The van der Waals surface area contributed by atoms with Crippen LogP contribution in [-0.2, 0) is 11.2 Å². The fraction of sp³-hybridized carbons (Fsp3) is 0.474. The second-order valence-electron chi connectivity index (χ2n) is 6.28. The van der Waals surface area contributed by atoms with E-state index in [4.69, 9.17) is 4.52 Å². The highest BCUT2D eigenvalue weighted by Crippen LogP contribution is 2.20. The molecule has 2 aromatic rings. The van der Waals surface area contributed by atoms with E-state index in [9.17, 15) is 4.79 Å². The molecule has 0 unspecified atom stereocenters. The molecule has 0 saturated carbocycles. The van der Waals surface area contributed by atoms with Crippen molar-refractivity contribution in [1.29, 1.82) is 0 Å². The van der Waals surface area contributed by atoms with Crippen molar-refractivity contribution in [2.45, 2.75) is 53.5 Å². The first kappa shape index (κ1) is 18.0. The fourth-order valence-electron chi connectivity index (χ4n) is 2.90.